The van der Waals surface area contributed by atoms with Crippen molar-refractivity contribution < 1.29 is 13.2 Å². The van der Waals surface area contributed by atoms with Crippen LogP contribution in [0.25, 0.3) is 0 Å². The molecule has 0 spiro atoms. The molecule has 19 heavy (non-hydrogen) atoms. The van der Waals surface area contributed by atoms with Crippen molar-refractivity contribution in [2.24, 2.45) is 5.92 Å². The van der Waals surface area contributed by atoms with Crippen LogP contribution in [-0.4, -0.2) is 69.3 Å². The van der Waals surface area contributed by atoms with Crippen molar-refractivity contribution in [2.45, 2.75) is 32.3 Å². The van der Waals surface area contributed by atoms with Crippen LogP contribution in [0.1, 0.15) is 26.2 Å². The smallest absolute Gasteiger partial charge is 0.215 e. The Hall–Kier alpha value is -0.170. The minimum atomic E-state index is -3.13. The van der Waals surface area contributed by atoms with Crippen LogP contribution in [0.2, 0.25) is 0 Å². The first kappa shape index (κ1) is 15.2. The quantitative estimate of drug-likeness (QED) is 0.750. The summed E-state index contributed by atoms with van der Waals surface area (Å²) in [5.74, 6) is 0.688. The van der Waals surface area contributed by atoms with Crippen LogP contribution >= 0.6 is 0 Å². The van der Waals surface area contributed by atoms with Gasteiger partial charge in [0.15, 0.2) is 0 Å². The standard InChI is InChI=1S/C13H26N2O3S/c1-12-5-8-15(11-13(12)18-2)19(16,17)10-9-14-6-3-4-7-14/h12-13H,3-11H2,1-2H3/t12-,13-/m0/s1. The highest BCUT2D eigenvalue weighted by molar-refractivity contribution is 7.89. The van der Waals surface area contributed by atoms with Gasteiger partial charge >= 0.3 is 0 Å². The van der Waals surface area contributed by atoms with Crippen LogP contribution in [0.15, 0.2) is 0 Å². The molecule has 0 aromatic carbocycles. The molecule has 2 aliphatic rings. The summed E-state index contributed by atoms with van der Waals surface area (Å²) in [4.78, 5) is 2.25. The second-order valence-corrected chi connectivity index (χ2v) is 7.85. The van der Waals surface area contributed by atoms with Crippen LogP contribution in [0.5, 0.6) is 0 Å². The van der Waals surface area contributed by atoms with Crippen LogP contribution in [0.4, 0.5) is 0 Å². The second-order valence-electron chi connectivity index (χ2n) is 5.76. The molecule has 0 aliphatic carbocycles. The lowest BCUT2D eigenvalue weighted by molar-refractivity contribution is 0.0183. The number of sulfonamides is 1. The molecule has 0 amide bonds. The molecule has 0 aromatic heterocycles. The Morgan fingerprint density at radius 2 is 1.89 bits per heavy atom. The van der Waals surface area contributed by atoms with Gasteiger partial charge in [0.1, 0.15) is 0 Å². The summed E-state index contributed by atoms with van der Waals surface area (Å²) in [5, 5.41) is 0. The van der Waals surface area contributed by atoms with E-state index < -0.39 is 10.0 Å². The van der Waals surface area contributed by atoms with Crippen LogP contribution in [0.3, 0.4) is 0 Å². The number of hydrogen-bond donors (Lipinski definition) is 0. The molecule has 6 heteroatoms. The summed E-state index contributed by atoms with van der Waals surface area (Å²) in [6.45, 7) is 6.05. The first-order valence-electron chi connectivity index (χ1n) is 7.26. The fraction of sp³-hybridized carbons (Fsp3) is 1.00. The zero-order valence-corrected chi connectivity index (χ0v) is 12.9. The van der Waals surface area contributed by atoms with E-state index in [9.17, 15) is 8.42 Å². The highest BCUT2D eigenvalue weighted by atomic mass is 32.2. The van der Waals surface area contributed by atoms with Crippen molar-refractivity contribution in [3.05, 3.63) is 0 Å². The molecule has 0 N–H and O–H groups in total. The molecule has 2 heterocycles. The number of likely N-dealkylation sites (tertiary alicyclic amines) is 1. The zero-order valence-electron chi connectivity index (χ0n) is 12.0. The first-order valence-corrected chi connectivity index (χ1v) is 8.87. The maximum absolute atomic E-state index is 12.4. The van der Waals surface area contributed by atoms with Gasteiger partial charge in [0, 0.05) is 26.7 Å². The molecular weight excluding hydrogens is 264 g/mol. The van der Waals surface area contributed by atoms with Crippen molar-refractivity contribution in [1.82, 2.24) is 9.21 Å². The highest BCUT2D eigenvalue weighted by Crippen LogP contribution is 2.22. The van der Waals surface area contributed by atoms with E-state index in [0.717, 1.165) is 19.5 Å². The number of piperidine rings is 1. The number of rotatable bonds is 5. The maximum Gasteiger partial charge on any atom is 0.215 e. The van der Waals surface area contributed by atoms with Gasteiger partial charge in [-0.3, -0.25) is 0 Å². The van der Waals surface area contributed by atoms with Crippen molar-refractivity contribution >= 4 is 10.0 Å². The lowest BCUT2D eigenvalue weighted by Crippen LogP contribution is -2.48. The van der Waals surface area contributed by atoms with Gasteiger partial charge in [0.05, 0.1) is 11.9 Å². The van der Waals surface area contributed by atoms with Gasteiger partial charge in [-0.1, -0.05) is 6.92 Å². The van der Waals surface area contributed by atoms with Crippen LogP contribution < -0.4 is 0 Å². The van der Waals surface area contributed by atoms with E-state index in [2.05, 4.69) is 11.8 Å². The summed E-state index contributed by atoms with van der Waals surface area (Å²) in [7, 11) is -1.46. The third kappa shape index (κ3) is 3.90. The van der Waals surface area contributed by atoms with Gasteiger partial charge in [0.25, 0.3) is 0 Å². The minimum Gasteiger partial charge on any atom is -0.380 e. The second kappa shape index (κ2) is 6.52. The predicted octanol–water partition coefficient (Wildman–Crippen LogP) is 0.769. The molecule has 0 saturated carbocycles. The molecule has 5 nitrogen and oxygen atoms in total. The summed E-state index contributed by atoms with van der Waals surface area (Å²) in [6, 6.07) is 0. The molecule has 112 valence electrons. The zero-order chi connectivity index (χ0) is 13.9. The van der Waals surface area contributed by atoms with Crippen molar-refractivity contribution in [2.75, 3.05) is 45.6 Å². The Morgan fingerprint density at radius 1 is 1.21 bits per heavy atom. The lowest BCUT2D eigenvalue weighted by atomic mass is 9.97. The SMILES string of the molecule is CO[C@H]1CN(S(=O)(=O)CCN2CCCC2)CC[C@@H]1C. The summed E-state index contributed by atoms with van der Waals surface area (Å²) >= 11 is 0. The van der Waals surface area contributed by atoms with E-state index in [1.165, 1.54) is 12.8 Å². The van der Waals surface area contributed by atoms with Crippen LogP contribution in [0, 0.1) is 5.92 Å². The number of ether oxygens (including phenoxy) is 1. The molecule has 2 saturated heterocycles. The van der Waals surface area contributed by atoms with Gasteiger partial charge in [-0.05, 0) is 38.3 Å². The first-order chi connectivity index (χ1) is 9.03. The maximum atomic E-state index is 12.4. The Bertz CT molecular complexity index is 379. The van der Waals surface area contributed by atoms with E-state index in [4.69, 9.17) is 4.74 Å². The van der Waals surface area contributed by atoms with E-state index in [1.54, 1.807) is 11.4 Å². The molecule has 0 radical (unpaired) electrons. The summed E-state index contributed by atoms with van der Waals surface area (Å²) in [6.07, 6.45) is 3.33. The molecule has 2 aliphatic heterocycles. The minimum absolute atomic E-state index is 0.0373. The normalized spacial score (nSPS) is 30.8. The third-order valence-electron chi connectivity index (χ3n) is 4.41. The number of hydrogen-bond acceptors (Lipinski definition) is 4. The third-order valence-corrected chi connectivity index (χ3v) is 6.23. The fourth-order valence-electron chi connectivity index (χ4n) is 2.94. The molecule has 2 fully saturated rings. The van der Waals surface area contributed by atoms with Crippen molar-refractivity contribution in [3.63, 3.8) is 0 Å². The van der Waals surface area contributed by atoms with E-state index in [0.29, 0.717) is 25.6 Å². The summed E-state index contributed by atoms with van der Waals surface area (Å²) in [5.41, 5.74) is 0. The van der Waals surface area contributed by atoms with Gasteiger partial charge in [-0.2, -0.15) is 4.31 Å². The van der Waals surface area contributed by atoms with E-state index >= 15 is 0 Å². The Balaban J connectivity index is 1.87. The van der Waals surface area contributed by atoms with Crippen molar-refractivity contribution in [3.8, 4) is 0 Å². The fourth-order valence-corrected chi connectivity index (χ4v) is 4.45. The van der Waals surface area contributed by atoms with Crippen LogP contribution in [-0.2, 0) is 14.8 Å². The Labute approximate surface area is 117 Å². The van der Waals surface area contributed by atoms with E-state index in [-0.39, 0.29) is 11.9 Å². The van der Waals surface area contributed by atoms with Gasteiger partial charge < -0.3 is 9.64 Å². The monoisotopic (exact) mass is 290 g/mol. The molecule has 2 rings (SSSR count). The van der Waals surface area contributed by atoms with Gasteiger partial charge in [-0.25, -0.2) is 8.42 Å². The molecule has 0 unspecified atom stereocenters. The Morgan fingerprint density at radius 3 is 2.53 bits per heavy atom. The van der Waals surface area contributed by atoms with Gasteiger partial charge in [0.2, 0.25) is 10.0 Å². The molecule has 0 bridgehead atoms. The largest absolute Gasteiger partial charge is 0.380 e. The molecule has 2 atom stereocenters. The van der Waals surface area contributed by atoms with Crippen molar-refractivity contribution in [1.29, 1.82) is 0 Å². The lowest BCUT2D eigenvalue weighted by Gasteiger charge is -2.35. The summed E-state index contributed by atoms with van der Waals surface area (Å²) < 4.78 is 31.7. The highest BCUT2D eigenvalue weighted by Gasteiger charge is 2.32. The number of nitrogens with zero attached hydrogens (tertiary/aromatic N) is 2. The average Bonchev–Trinajstić information content (AvgIpc) is 2.90. The van der Waals surface area contributed by atoms with Gasteiger partial charge in [-0.15, -0.1) is 0 Å². The molecular formula is C13H26N2O3S. The predicted molar refractivity (Wildman–Crippen MR) is 75.6 cm³/mol. The Kier molecular flexibility index (Phi) is 5.22. The average molecular weight is 290 g/mol. The number of methoxy groups -OCH3 is 1. The molecule has 0 aromatic rings. The van der Waals surface area contributed by atoms with E-state index in [1.807, 2.05) is 0 Å². The topological polar surface area (TPSA) is 49.9 Å².